The summed E-state index contributed by atoms with van der Waals surface area (Å²) in [6.07, 6.45) is 0. The Morgan fingerprint density at radius 1 is 1.12 bits per heavy atom. The minimum absolute atomic E-state index is 0.337. The minimum Gasteiger partial charge on any atom is -0.493 e. The first kappa shape index (κ1) is 18.2. The predicted octanol–water partition coefficient (Wildman–Crippen LogP) is 4.73. The van der Waals surface area contributed by atoms with Crippen LogP contribution in [0.5, 0.6) is 11.5 Å². The van der Waals surface area contributed by atoms with Crippen LogP contribution in [-0.4, -0.2) is 25.8 Å². The van der Waals surface area contributed by atoms with Crippen molar-refractivity contribution >= 4 is 44.6 Å². The Bertz CT molecular complexity index is 998. The fraction of sp³-hybridized carbons (Fsp3) is 0.158. The van der Waals surface area contributed by atoms with Crippen molar-refractivity contribution in [1.29, 1.82) is 0 Å². The number of ether oxygens (including phenoxy) is 2. The molecule has 0 saturated carbocycles. The van der Waals surface area contributed by atoms with Gasteiger partial charge in [0.25, 0.3) is 5.91 Å². The van der Waals surface area contributed by atoms with Crippen molar-refractivity contribution in [2.24, 2.45) is 5.10 Å². The second-order valence-electron chi connectivity index (χ2n) is 5.45. The van der Waals surface area contributed by atoms with Crippen molar-refractivity contribution in [2.45, 2.75) is 6.92 Å². The molecule has 2 aromatic carbocycles. The second kappa shape index (κ2) is 7.76. The van der Waals surface area contributed by atoms with Crippen LogP contribution in [0.15, 0.2) is 47.6 Å². The monoisotopic (exact) mass is 388 g/mol. The van der Waals surface area contributed by atoms with Gasteiger partial charge in [0.2, 0.25) is 0 Å². The fourth-order valence-electron chi connectivity index (χ4n) is 2.47. The van der Waals surface area contributed by atoms with E-state index in [4.69, 9.17) is 21.1 Å². The van der Waals surface area contributed by atoms with Crippen molar-refractivity contribution in [3.63, 3.8) is 0 Å². The van der Waals surface area contributed by atoms with Gasteiger partial charge in [-0.15, -0.1) is 11.3 Å². The number of nitrogens with one attached hydrogen (secondary N) is 1. The molecule has 0 fully saturated rings. The van der Waals surface area contributed by atoms with E-state index >= 15 is 0 Å². The van der Waals surface area contributed by atoms with E-state index in [1.165, 1.54) is 11.3 Å². The maximum absolute atomic E-state index is 12.5. The van der Waals surface area contributed by atoms with Crippen LogP contribution in [-0.2, 0) is 0 Å². The van der Waals surface area contributed by atoms with E-state index in [0.29, 0.717) is 27.1 Å². The van der Waals surface area contributed by atoms with E-state index in [2.05, 4.69) is 10.5 Å². The Hall–Kier alpha value is -2.57. The van der Waals surface area contributed by atoms with E-state index in [-0.39, 0.29) is 5.91 Å². The van der Waals surface area contributed by atoms with E-state index in [9.17, 15) is 4.79 Å². The second-order valence-corrected chi connectivity index (χ2v) is 6.88. The Balaban J connectivity index is 1.82. The van der Waals surface area contributed by atoms with Gasteiger partial charge in [0, 0.05) is 15.6 Å². The number of fused-ring (bicyclic) bond motifs is 1. The molecule has 0 bridgehead atoms. The molecule has 0 saturated heterocycles. The Morgan fingerprint density at radius 2 is 1.85 bits per heavy atom. The van der Waals surface area contributed by atoms with E-state index < -0.39 is 0 Å². The highest BCUT2D eigenvalue weighted by Crippen LogP contribution is 2.35. The zero-order valence-electron chi connectivity index (χ0n) is 14.5. The molecule has 26 heavy (non-hydrogen) atoms. The number of hydrogen-bond donors (Lipinski definition) is 1. The van der Waals surface area contributed by atoms with Crippen LogP contribution < -0.4 is 14.9 Å². The molecule has 0 unspecified atom stereocenters. The van der Waals surface area contributed by atoms with Crippen LogP contribution in [0.3, 0.4) is 0 Å². The maximum atomic E-state index is 12.5. The topological polar surface area (TPSA) is 59.9 Å². The lowest BCUT2D eigenvalue weighted by atomic mass is 10.1. The van der Waals surface area contributed by atoms with Gasteiger partial charge in [0.05, 0.1) is 25.0 Å². The van der Waals surface area contributed by atoms with Crippen molar-refractivity contribution in [2.75, 3.05) is 14.2 Å². The number of amides is 1. The molecule has 5 nitrogen and oxygen atoms in total. The lowest BCUT2D eigenvalue weighted by Crippen LogP contribution is -2.18. The van der Waals surface area contributed by atoms with Gasteiger partial charge in [-0.25, -0.2) is 5.43 Å². The fourth-order valence-corrected chi connectivity index (χ4v) is 3.88. The van der Waals surface area contributed by atoms with Gasteiger partial charge in [0.1, 0.15) is 4.88 Å². The minimum atomic E-state index is -0.337. The van der Waals surface area contributed by atoms with Crippen LogP contribution >= 0.6 is 22.9 Å². The third-order valence-electron chi connectivity index (χ3n) is 3.87. The average Bonchev–Trinajstić information content (AvgIpc) is 3.02. The van der Waals surface area contributed by atoms with Crippen molar-refractivity contribution in [1.82, 2.24) is 5.43 Å². The summed E-state index contributed by atoms with van der Waals surface area (Å²) in [5.41, 5.74) is 4.01. The Kier molecular flexibility index (Phi) is 5.44. The number of carbonyl (C=O) groups is 1. The number of carbonyl (C=O) groups excluding carboxylic acids is 1. The first-order chi connectivity index (χ1) is 12.5. The number of hydrogen-bond acceptors (Lipinski definition) is 5. The summed E-state index contributed by atoms with van der Waals surface area (Å²) in [7, 11) is 3.15. The van der Waals surface area contributed by atoms with Crippen LogP contribution in [0.2, 0.25) is 5.02 Å². The summed E-state index contributed by atoms with van der Waals surface area (Å²) in [6.45, 7) is 1.80. The molecule has 3 rings (SSSR count). The van der Waals surface area contributed by atoms with E-state index in [1.54, 1.807) is 33.3 Å². The maximum Gasteiger partial charge on any atom is 0.283 e. The number of hydrazone groups is 1. The van der Waals surface area contributed by atoms with Gasteiger partial charge in [-0.2, -0.15) is 5.10 Å². The smallest absolute Gasteiger partial charge is 0.283 e. The van der Waals surface area contributed by atoms with Crippen molar-refractivity contribution in [3.8, 4) is 11.5 Å². The molecule has 1 heterocycles. The van der Waals surface area contributed by atoms with Crippen LogP contribution in [0.4, 0.5) is 0 Å². The van der Waals surface area contributed by atoms with E-state index in [1.807, 2.05) is 30.3 Å². The third kappa shape index (κ3) is 3.52. The first-order valence-electron chi connectivity index (χ1n) is 7.79. The van der Waals surface area contributed by atoms with Gasteiger partial charge in [0.15, 0.2) is 11.5 Å². The Morgan fingerprint density at radius 3 is 2.54 bits per heavy atom. The molecule has 0 atom stereocenters. The molecular formula is C19H17ClN2O3S. The molecule has 0 aliphatic heterocycles. The highest BCUT2D eigenvalue weighted by atomic mass is 35.5. The van der Waals surface area contributed by atoms with Gasteiger partial charge >= 0.3 is 0 Å². The van der Waals surface area contributed by atoms with Gasteiger partial charge in [-0.05, 0) is 31.2 Å². The number of halogens is 1. The number of benzene rings is 2. The predicted molar refractivity (Wildman–Crippen MR) is 106 cm³/mol. The summed E-state index contributed by atoms with van der Waals surface area (Å²) in [4.78, 5) is 12.9. The summed E-state index contributed by atoms with van der Waals surface area (Å²) < 4.78 is 11.5. The Labute approximate surface area is 160 Å². The van der Waals surface area contributed by atoms with E-state index in [0.717, 1.165) is 15.6 Å². The number of methoxy groups -OCH3 is 2. The standard InChI is InChI=1S/C19H17ClN2O3S/c1-11(12-8-9-14(24-2)15(10-12)25-3)21-22-19(23)18-17(20)13-6-4-5-7-16(13)26-18/h4-10H,1-3H3,(H,22,23)/b21-11-. The zero-order chi connectivity index (χ0) is 18.7. The van der Waals surface area contributed by atoms with Gasteiger partial charge < -0.3 is 9.47 Å². The molecule has 3 aromatic rings. The largest absolute Gasteiger partial charge is 0.493 e. The lowest BCUT2D eigenvalue weighted by molar-refractivity contribution is 0.0959. The molecule has 0 radical (unpaired) electrons. The average molecular weight is 389 g/mol. The number of rotatable bonds is 5. The third-order valence-corrected chi connectivity index (χ3v) is 5.54. The van der Waals surface area contributed by atoms with Crippen molar-refractivity contribution < 1.29 is 14.3 Å². The molecule has 134 valence electrons. The zero-order valence-corrected chi connectivity index (χ0v) is 16.1. The molecule has 1 amide bonds. The summed E-state index contributed by atoms with van der Waals surface area (Å²) in [5.74, 6) is 0.889. The molecule has 0 aliphatic rings. The SMILES string of the molecule is COc1ccc(/C(C)=N\NC(=O)c2sc3ccccc3c2Cl)cc1OC. The quantitative estimate of drug-likeness (QED) is 0.508. The number of thiophene rings is 1. The molecule has 1 N–H and O–H groups in total. The normalized spacial score (nSPS) is 11.5. The highest BCUT2D eigenvalue weighted by molar-refractivity contribution is 7.21. The van der Waals surface area contributed by atoms with Crippen LogP contribution in [0, 0.1) is 0 Å². The van der Waals surface area contributed by atoms with Crippen molar-refractivity contribution in [3.05, 3.63) is 57.9 Å². The first-order valence-corrected chi connectivity index (χ1v) is 8.98. The van der Waals surface area contributed by atoms with Crippen LogP contribution in [0.1, 0.15) is 22.2 Å². The van der Waals surface area contributed by atoms with Crippen LogP contribution in [0.25, 0.3) is 10.1 Å². The summed E-state index contributed by atoms with van der Waals surface area (Å²) >= 11 is 7.67. The molecule has 0 aliphatic carbocycles. The number of nitrogens with zero attached hydrogens (tertiary/aromatic N) is 1. The molecule has 7 heteroatoms. The highest BCUT2D eigenvalue weighted by Gasteiger charge is 2.16. The summed E-state index contributed by atoms with van der Waals surface area (Å²) in [6, 6.07) is 13.1. The summed E-state index contributed by atoms with van der Waals surface area (Å²) in [5, 5.41) is 5.49. The van der Waals surface area contributed by atoms with Gasteiger partial charge in [-0.3, -0.25) is 4.79 Å². The molecular weight excluding hydrogens is 372 g/mol. The lowest BCUT2D eigenvalue weighted by Gasteiger charge is -2.09. The molecule has 0 spiro atoms. The molecule has 1 aromatic heterocycles. The van der Waals surface area contributed by atoms with Gasteiger partial charge in [-0.1, -0.05) is 29.8 Å².